The van der Waals surface area contributed by atoms with Gasteiger partial charge in [0.2, 0.25) is 0 Å². The fourth-order valence-electron chi connectivity index (χ4n) is 2.97. The molecular weight excluding hydrogens is 232 g/mol. The molecule has 1 unspecified atom stereocenters. The number of hydrogen-bond acceptors (Lipinski definition) is 2. The van der Waals surface area contributed by atoms with Gasteiger partial charge in [0.05, 0.1) is 0 Å². The molecule has 2 nitrogen and oxygen atoms in total. The zero-order valence-electron chi connectivity index (χ0n) is 13.8. The van der Waals surface area contributed by atoms with Gasteiger partial charge in [-0.05, 0) is 45.1 Å². The minimum absolute atomic E-state index is 0.240. The molecule has 2 heteroatoms. The molecule has 1 rings (SSSR count). The van der Waals surface area contributed by atoms with Crippen LogP contribution in [0.4, 0.5) is 0 Å². The molecule has 0 spiro atoms. The third kappa shape index (κ3) is 5.83. The largest absolute Gasteiger partial charge is 0.329 e. The molecule has 0 bridgehead atoms. The lowest BCUT2D eigenvalue weighted by Crippen LogP contribution is -2.53. The van der Waals surface area contributed by atoms with Crippen LogP contribution in [0.5, 0.6) is 0 Å². The zero-order valence-corrected chi connectivity index (χ0v) is 13.8. The van der Waals surface area contributed by atoms with Crippen molar-refractivity contribution in [2.24, 2.45) is 11.7 Å². The Balaban J connectivity index is 2.49. The molecule has 0 heterocycles. The number of nitrogens with two attached hydrogens (primary N) is 1. The highest BCUT2D eigenvalue weighted by molar-refractivity contribution is 4.96. The molecule has 1 saturated carbocycles. The van der Waals surface area contributed by atoms with E-state index in [-0.39, 0.29) is 5.54 Å². The molecule has 0 aromatic carbocycles. The number of nitrogens with zero attached hydrogens (tertiary/aromatic N) is 1. The highest BCUT2D eigenvalue weighted by Crippen LogP contribution is 2.35. The second-order valence-corrected chi connectivity index (χ2v) is 7.12. The Morgan fingerprint density at radius 1 is 1.21 bits per heavy atom. The van der Waals surface area contributed by atoms with Crippen molar-refractivity contribution < 1.29 is 0 Å². The van der Waals surface area contributed by atoms with Crippen molar-refractivity contribution in [2.45, 2.75) is 90.6 Å². The van der Waals surface area contributed by atoms with E-state index in [9.17, 15) is 0 Å². The van der Waals surface area contributed by atoms with Crippen molar-refractivity contribution in [3.63, 3.8) is 0 Å². The molecule has 2 N–H and O–H groups in total. The van der Waals surface area contributed by atoms with E-state index in [2.05, 4.69) is 32.6 Å². The Morgan fingerprint density at radius 3 is 2.37 bits per heavy atom. The molecule has 0 aromatic rings. The average molecular weight is 268 g/mol. The van der Waals surface area contributed by atoms with Gasteiger partial charge in [0.25, 0.3) is 0 Å². The second-order valence-electron chi connectivity index (χ2n) is 7.12. The topological polar surface area (TPSA) is 29.3 Å². The Labute approximate surface area is 121 Å². The van der Waals surface area contributed by atoms with Crippen LogP contribution in [0.25, 0.3) is 0 Å². The van der Waals surface area contributed by atoms with Crippen LogP contribution in [0, 0.1) is 5.92 Å². The van der Waals surface area contributed by atoms with Crippen LogP contribution in [-0.4, -0.2) is 29.6 Å². The van der Waals surface area contributed by atoms with E-state index >= 15 is 0 Å². The molecule has 0 aliphatic heterocycles. The van der Waals surface area contributed by atoms with E-state index < -0.39 is 0 Å². The summed E-state index contributed by atoms with van der Waals surface area (Å²) in [6.45, 7) is 11.4. The maximum atomic E-state index is 6.15. The lowest BCUT2D eigenvalue weighted by atomic mass is 9.91. The Hall–Kier alpha value is -0.0800. The summed E-state index contributed by atoms with van der Waals surface area (Å²) in [5.41, 5.74) is 6.39. The standard InChI is InChI=1S/C17H36N2/c1-5-6-7-8-12-17(4,14-18)19(16-9-10-16)13-11-15(2)3/h15-16H,5-14,18H2,1-4H3. The Kier molecular flexibility index (Phi) is 7.38. The van der Waals surface area contributed by atoms with Gasteiger partial charge in [-0.15, -0.1) is 0 Å². The zero-order chi connectivity index (χ0) is 14.3. The van der Waals surface area contributed by atoms with Crippen molar-refractivity contribution in [3.05, 3.63) is 0 Å². The first-order valence-electron chi connectivity index (χ1n) is 8.50. The van der Waals surface area contributed by atoms with E-state index in [0.29, 0.717) is 0 Å². The first-order chi connectivity index (χ1) is 9.03. The first kappa shape index (κ1) is 17.0. The molecule has 1 aliphatic rings. The third-order valence-corrected chi connectivity index (χ3v) is 4.64. The highest BCUT2D eigenvalue weighted by atomic mass is 15.2. The molecule has 0 amide bonds. The summed E-state index contributed by atoms with van der Waals surface area (Å²) >= 11 is 0. The lowest BCUT2D eigenvalue weighted by Gasteiger charge is -2.42. The molecule has 0 saturated heterocycles. The van der Waals surface area contributed by atoms with Crippen LogP contribution in [0.3, 0.4) is 0 Å². The van der Waals surface area contributed by atoms with Gasteiger partial charge < -0.3 is 5.73 Å². The predicted molar refractivity (Wildman–Crippen MR) is 85.4 cm³/mol. The van der Waals surface area contributed by atoms with Gasteiger partial charge >= 0.3 is 0 Å². The van der Waals surface area contributed by atoms with Crippen molar-refractivity contribution >= 4 is 0 Å². The maximum Gasteiger partial charge on any atom is 0.0306 e. The summed E-state index contributed by atoms with van der Waals surface area (Å²) < 4.78 is 0. The van der Waals surface area contributed by atoms with E-state index in [0.717, 1.165) is 18.5 Å². The molecule has 19 heavy (non-hydrogen) atoms. The average Bonchev–Trinajstić information content (AvgIpc) is 3.19. The van der Waals surface area contributed by atoms with Gasteiger partial charge in [-0.1, -0.05) is 46.5 Å². The third-order valence-electron chi connectivity index (χ3n) is 4.64. The summed E-state index contributed by atoms with van der Waals surface area (Å²) in [5.74, 6) is 0.795. The minimum Gasteiger partial charge on any atom is -0.329 e. The van der Waals surface area contributed by atoms with Gasteiger partial charge in [0, 0.05) is 18.1 Å². The van der Waals surface area contributed by atoms with Crippen molar-refractivity contribution in [2.75, 3.05) is 13.1 Å². The fourth-order valence-corrected chi connectivity index (χ4v) is 2.97. The van der Waals surface area contributed by atoms with Gasteiger partial charge in [-0.2, -0.15) is 0 Å². The van der Waals surface area contributed by atoms with Crippen LogP contribution in [0.2, 0.25) is 0 Å². The predicted octanol–water partition coefficient (Wildman–Crippen LogP) is 4.18. The maximum absolute atomic E-state index is 6.15. The Bertz CT molecular complexity index is 235. The molecule has 0 aromatic heterocycles. The number of unbranched alkanes of at least 4 members (excludes halogenated alkanes) is 3. The highest BCUT2D eigenvalue weighted by Gasteiger charge is 2.39. The molecule has 0 radical (unpaired) electrons. The van der Waals surface area contributed by atoms with Gasteiger partial charge in [-0.25, -0.2) is 0 Å². The van der Waals surface area contributed by atoms with Gasteiger partial charge in [0.1, 0.15) is 0 Å². The van der Waals surface area contributed by atoms with Crippen LogP contribution in [-0.2, 0) is 0 Å². The van der Waals surface area contributed by atoms with E-state index in [1.165, 1.54) is 57.9 Å². The SMILES string of the molecule is CCCCCCC(C)(CN)N(CCC(C)C)C1CC1. The smallest absolute Gasteiger partial charge is 0.0306 e. The Morgan fingerprint density at radius 2 is 1.89 bits per heavy atom. The van der Waals surface area contributed by atoms with Crippen molar-refractivity contribution in [1.29, 1.82) is 0 Å². The summed E-state index contributed by atoms with van der Waals surface area (Å²) in [6, 6.07) is 0.832. The molecule has 1 atom stereocenters. The monoisotopic (exact) mass is 268 g/mol. The van der Waals surface area contributed by atoms with Crippen molar-refractivity contribution in [3.8, 4) is 0 Å². The summed E-state index contributed by atoms with van der Waals surface area (Å²) in [4.78, 5) is 2.75. The van der Waals surface area contributed by atoms with Gasteiger partial charge in [-0.3, -0.25) is 4.90 Å². The van der Waals surface area contributed by atoms with Crippen LogP contribution in [0.1, 0.15) is 79.1 Å². The lowest BCUT2D eigenvalue weighted by molar-refractivity contribution is 0.0838. The quantitative estimate of drug-likeness (QED) is 0.569. The van der Waals surface area contributed by atoms with Crippen LogP contribution in [0.15, 0.2) is 0 Å². The first-order valence-corrected chi connectivity index (χ1v) is 8.50. The molecular formula is C17H36N2. The van der Waals surface area contributed by atoms with E-state index in [1.54, 1.807) is 0 Å². The van der Waals surface area contributed by atoms with Crippen LogP contribution < -0.4 is 5.73 Å². The fraction of sp³-hybridized carbons (Fsp3) is 1.00. The summed E-state index contributed by atoms with van der Waals surface area (Å²) in [5, 5.41) is 0. The summed E-state index contributed by atoms with van der Waals surface area (Å²) in [6.07, 6.45) is 10.8. The van der Waals surface area contributed by atoms with Crippen LogP contribution >= 0.6 is 0 Å². The molecule has 1 fully saturated rings. The van der Waals surface area contributed by atoms with E-state index in [4.69, 9.17) is 5.73 Å². The van der Waals surface area contributed by atoms with Gasteiger partial charge in [0.15, 0.2) is 0 Å². The normalized spacial score (nSPS) is 19.1. The minimum atomic E-state index is 0.240. The number of rotatable bonds is 11. The molecule has 1 aliphatic carbocycles. The second kappa shape index (κ2) is 8.26. The number of hydrogen-bond donors (Lipinski definition) is 1. The van der Waals surface area contributed by atoms with E-state index in [1.807, 2.05) is 0 Å². The van der Waals surface area contributed by atoms with Crippen molar-refractivity contribution in [1.82, 2.24) is 4.90 Å². The molecule has 114 valence electrons. The summed E-state index contributed by atoms with van der Waals surface area (Å²) in [7, 11) is 0.